The lowest BCUT2D eigenvalue weighted by molar-refractivity contribution is -0.120. The van der Waals surface area contributed by atoms with E-state index in [1.54, 1.807) is 16.0 Å². The van der Waals surface area contributed by atoms with Gasteiger partial charge in [-0.15, -0.1) is 11.3 Å². The summed E-state index contributed by atoms with van der Waals surface area (Å²) in [6.07, 6.45) is 5.61. The van der Waals surface area contributed by atoms with Crippen molar-refractivity contribution in [2.45, 2.75) is 31.6 Å². The summed E-state index contributed by atoms with van der Waals surface area (Å²) in [5.74, 6) is 0.412. The minimum atomic E-state index is 0.0991. The number of carbonyl (C=O) groups is 1. The highest BCUT2D eigenvalue weighted by molar-refractivity contribution is 7.10. The Morgan fingerprint density at radius 3 is 3.22 bits per heavy atom. The van der Waals surface area contributed by atoms with Crippen molar-refractivity contribution < 1.29 is 4.79 Å². The maximum absolute atomic E-state index is 12.4. The van der Waals surface area contributed by atoms with Crippen LogP contribution >= 0.6 is 11.3 Å². The van der Waals surface area contributed by atoms with Gasteiger partial charge < -0.3 is 0 Å². The fraction of sp³-hybridized carbons (Fsp3) is 0.429. The van der Waals surface area contributed by atoms with Crippen LogP contribution in [0.5, 0.6) is 0 Å². The number of aryl methyl sites for hydroxylation is 2. The molecule has 0 bridgehead atoms. The number of fused-ring (bicyclic) bond motifs is 1. The molecule has 1 aliphatic rings. The first-order valence-electron chi connectivity index (χ1n) is 6.31. The van der Waals surface area contributed by atoms with Gasteiger partial charge in [0.25, 0.3) is 0 Å². The van der Waals surface area contributed by atoms with Crippen molar-refractivity contribution in [2.24, 2.45) is 7.05 Å². The Balaban J connectivity index is 1.78. The summed E-state index contributed by atoms with van der Waals surface area (Å²) in [5, 5.41) is 6.40. The van der Waals surface area contributed by atoms with Gasteiger partial charge in [-0.3, -0.25) is 9.48 Å². The van der Waals surface area contributed by atoms with Crippen LogP contribution in [0.25, 0.3) is 0 Å². The number of Topliss-reactive ketones (excluding diaryl/α,β-unsaturated/α-hetero) is 1. The summed E-state index contributed by atoms with van der Waals surface area (Å²) < 4.78 is 1.75. The molecule has 94 valence electrons. The molecule has 0 spiro atoms. The van der Waals surface area contributed by atoms with Crippen molar-refractivity contribution in [3.63, 3.8) is 0 Å². The zero-order valence-corrected chi connectivity index (χ0v) is 11.2. The first-order valence-corrected chi connectivity index (χ1v) is 7.19. The molecular weight excluding hydrogens is 244 g/mol. The van der Waals surface area contributed by atoms with Crippen LogP contribution in [0.1, 0.15) is 34.9 Å². The Bertz CT molecular complexity index is 570. The lowest BCUT2D eigenvalue weighted by Gasteiger charge is -2.21. The minimum absolute atomic E-state index is 0.0991. The van der Waals surface area contributed by atoms with Crippen molar-refractivity contribution in [3.8, 4) is 0 Å². The van der Waals surface area contributed by atoms with E-state index in [2.05, 4.69) is 16.5 Å². The highest BCUT2D eigenvalue weighted by atomic mass is 32.1. The van der Waals surface area contributed by atoms with Gasteiger partial charge >= 0.3 is 0 Å². The van der Waals surface area contributed by atoms with Crippen molar-refractivity contribution in [1.82, 2.24) is 9.78 Å². The van der Waals surface area contributed by atoms with Crippen molar-refractivity contribution >= 4 is 17.1 Å². The molecule has 18 heavy (non-hydrogen) atoms. The molecule has 0 aliphatic heterocycles. The third-order valence-electron chi connectivity index (χ3n) is 3.56. The second kappa shape index (κ2) is 4.69. The molecule has 0 saturated heterocycles. The number of carbonyl (C=O) groups excluding carboxylic acids is 1. The van der Waals surface area contributed by atoms with Crippen LogP contribution in [-0.2, 0) is 24.7 Å². The summed E-state index contributed by atoms with van der Waals surface area (Å²) >= 11 is 1.78. The van der Waals surface area contributed by atoms with Gasteiger partial charge in [-0.2, -0.15) is 5.10 Å². The van der Waals surface area contributed by atoms with Crippen LogP contribution in [-0.4, -0.2) is 15.6 Å². The predicted octanol–water partition coefficient (Wildman–Crippen LogP) is 2.71. The summed E-state index contributed by atoms with van der Waals surface area (Å²) in [4.78, 5) is 13.8. The fourth-order valence-corrected chi connectivity index (χ4v) is 3.67. The normalized spacial score (nSPS) is 18.6. The Labute approximate surface area is 110 Å². The van der Waals surface area contributed by atoms with Crippen LogP contribution in [0.2, 0.25) is 0 Å². The van der Waals surface area contributed by atoms with Gasteiger partial charge in [0.2, 0.25) is 0 Å². The molecule has 3 nitrogen and oxygen atoms in total. The second-order valence-electron chi connectivity index (χ2n) is 4.87. The van der Waals surface area contributed by atoms with E-state index in [0.29, 0.717) is 12.2 Å². The molecule has 0 fully saturated rings. The third-order valence-corrected chi connectivity index (χ3v) is 4.56. The molecular formula is C14H16N2OS. The molecule has 4 heteroatoms. The van der Waals surface area contributed by atoms with Crippen LogP contribution in [0.4, 0.5) is 0 Å². The van der Waals surface area contributed by atoms with Gasteiger partial charge in [-0.05, 0) is 42.3 Å². The Hall–Kier alpha value is -1.42. The average Bonchev–Trinajstić information content (AvgIpc) is 2.97. The number of thiophene rings is 1. The molecule has 0 radical (unpaired) electrons. The van der Waals surface area contributed by atoms with E-state index in [0.717, 1.165) is 25.0 Å². The van der Waals surface area contributed by atoms with E-state index in [1.165, 1.54) is 10.4 Å². The number of rotatable bonds is 3. The average molecular weight is 260 g/mol. The van der Waals surface area contributed by atoms with Crippen molar-refractivity contribution in [3.05, 3.63) is 39.8 Å². The molecule has 2 heterocycles. The third kappa shape index (κ3) is 2.12. The predicted molar refractivity (Wildman–Crippen MR) is 71.9 cm³/mol. The number of aromatic nitrogens is 2. The van der Waals surface area contributed by atoms with Gasteiger partial charge in [0.15, 0.2) is 0 Å². The number of hydrogen-bond acceptors (Lipinski definition) is 3. The Morgan fingerprint density at radius 1 is 1.56 bits per heavy atom. The Kier molecular flexibility index (Phi) is 3.04. The number of nitrogens with zero attached hydrogens (tertiary/aromatic N) is 2. The SMILES string of the molecule is Cn1ccc(CC(=O)C2CCCc3sccc32)n1. The van der Waals surface area contributed by atoms with Crippen molar-refractivity contribution in [2.75, 3.05) is 0 Å². The molecule has 3 rings (SSSR count). The van der Waals surface area contributed by atoms with Gasteiger partial charge in [0, 0.05) is 24.0 Å². The van der Waals surface area contributed by atoms with Crippen LogP contribution in [0.15, 0.2) is 23.7 Å². The van der Waals surface area contributed by atoms with E-state index in [-0.39, 0.29) is 5.92 Å². The topological polar surface area (TPSA) is 34.9 Å². The molecule has 2 aromatic heterocycles. The smallest absolute Gasteiger partial charge is 0.146 e. The van der Waals surface area contributed by atoms with Crippen molar-refractivity contribution in [1.29, 1.82) is 0 Å². The maximum atomic E-state index is 12.4. The fourth-order valence-electron chi connectivity index (χ4n) is 2.68. The highest BCUT2D eigenvalue weighted by Crippen LogP contribution is 2.35. The largest absolute Gasteiger partial charge is 0.299 e. The van der Waals surface area contributed by atoms with Gasteiger partial charge in [0.05, 0.1) is 12.1 Å². The van der Waals surface area contributed by atoms with Crippen LogP contribution in [0.3, 0.4) is 0 Å². The second-order valence-corrected chi connectivity index (χ2v) is 5.87. The molecule has 0 saturated carbocycles. The quantitative estimate of drug-likeness (QED) is 0.850. The first-order chi connectivity index (χ1) is 8.74. The van der Waals surface area contributed by atoms with E-state index in [1.807, 2.05) is 19.3 Å². The van der Waals surface area contributed by atoms with E-state index in [9.17, 15) is 4.79 Å². The summed E-state index contributed by atoms with van der Waals surface area (Å²) in [7, 11) is 1.88. The van der Waals surface area contributed by atoms with E-state index in [4.69, 9.17) is 0 Å². The summed E-state index contributed by atoms with van der Waals surface area (Å²) in [6, 6.07) is 4.05. The van der Waals surface area contributed by atoms with Gasteiger partial charge in [0.1, 0.15) is 5.78 Å². The number of hydrogen-bond donors (Lipinski definition) is 0. The zero-order valence-electron chi connectivity index (χ0n) is 10.4. The van der Waals surface area contributed by atoms with E-state index < -0.39 is 0 Å². The Morgan fingerprint density at radius 2 is 2.44 bits per heavy atom. The molecule has 1 aliphatic carbocycles. The standard InChI is InChI=1S/C14H16N2OS/c1-16-7-5-10(15-16)9-13(17)11-3-2-4-14-12(11)6-8-18-14/h5-8,11H,2-4,9H2,1H3. The molecule has 2 aromatic rings. The molecule has 0 aromatic carbocycles. The zero-order chi connectivity index (χ0) is 12.5. The highest BCUT2D eigenvalue weighted by Gasteiger charge is 2.27. The number of ketones is 1. The van der Waals surface area contributed by atoms with Gasteiger partial charge in [-0.25, -0.2) is 0 Å². The van der Waals surface area contributed by atoms with Gasteiger partial charge in [-0.1, -0.05) is 0 Å². The molecule has 1 atom stereocenters. The molecule has 1 unspecified atom stereocenters. The first kappa shape index (κ1) is 11.7. The van der Waals surface area contributed by atoms with E-state index >= 15 is 0 Å². The monoisotopic (exact) mass is 260 g/mol. The lowest BCUT2D eigenvalue weighted by atomic mass is 9.83. The lowest BCUT2D eigenvalue weighted by Crippen LogP contribution is -2.19. The summed E-state index contributed by atoms with van der Waals surface area (Å²) in [6.45, 7) is 0. The van der Waals surface area contributed by atoms with Crippen LogP contribution < -0.4 is 0 Å². The van der Waals surface area contributed by atoms with Crippen LogP contribution in [0, 0.1) is 0 Å². The molecule has 0 N–H and O–H groups in total. The minimum Gasteiger partial charge on any atom is -0.299 e. The summed E-state index contributed by atoms with van der Waals surface area (Å²) in [5.41, 5.74) is 2.15. The maximum Gasteiger partial charge on any atom is 0.146 e. The molecule has 0 amide bonds.